The van der Waals surface area contributed by atoms with Crippen molar-refractivity contribution in [3.63, 3.8) is 0 Å². The number of nitrogens with zero attached hydrogens (tertiary/aromatic N) is 1. The van der Waals surface area contributed by atoms with Crippen LogP contribution >= 0.6 is 0 Å². The number of aromatic nitrogens is 1. The van der Waals surface area contributed by atoms with Crippen LogP contribution in [0.15, 0.2) is 35.1 Å². The third-order valence-electron chi connectivity index (χ3n) is 3.21. The molecule has 2 aromatic rings. The predicted molar refractivity (Wildman–Crippen MR) is 74.5 cm³/mol. The van der Waals surface area contributed by atoms with E-state index in [4.69, 9.17) is 4.42 Å². The lowest BCUT2D eigenvalue weighted by Crippen LogP contribution is -1.88. The Balaban J connectivity index is 2.08. The number of furan rings is 1. The largest absolute Gasteiger partial charge is 0.464 e. The summed E-state index contributed by atoms with van der Waals surface area (Å²) in [5.41, 5.74) is 3.48. The molecular formula is C16H21NO. The van der Waals surface area contributed by atoms with Crippen molar-refractivity contribution in [3.8, 4) is 11.3 Å². The molecule has 0 aliphatic carbocycles. The van der Waals surface area contributed by atoms with Gasteiger partial charge in [-0.1, -0.05) is 26.2 Å². The van der Waals surface area contributed by atoms with Crippen molar-refractivity contribution in [3.05, 3.63) is 41.9 Å². The average Bonchev–Trinajstić information content (AvgIpc) is 2.83. The van der Waals surface area contributed by atoms with Gasteiger partial charge in [0.1, 0.15) is 5.76 Å². The normalized spacial score (nSPS) is 10.8. The zero-order valence-electron chi connectivity index (χ0n) is 11.3. The van der Waals surface area contributed by atoms with Gasteiger partial charge in [0.2, 0.25) is 0 Å². The molecule has 0 spiro atoms. The van der Waals surface area contributed by atoms with E-state index < -0.39 is 0 Å². The summed E-state index contributed by atoms with van der Waals surface area (Å²) in [5, 5.41) is 0. The van der Waals surface area contributed by atoms with Gasteiger partial charge in [0.15, 0.2) is 0 Å². The van der Waals surface area contributed by atoms with Crippen LogP contribution in [0, 0.1) is 6.92 Å². The molecule has 0 fully saturated rings. The summed E-state index contributed by atoms with van der Waals surface area (Å²) in [6.07, 6.45) is 9.88. The van der Waals surface area contributed by atoms with Crippen molar-refractivity contribution >= 4 is 0 Å². The van der Waals surface area contributed by atoms with Gasteiger partial charge in [-0.25, -0.2) is 0 Å². The Hall–Kier alpha value is -1.57. The number of aryl methyl sites for hydroxylation is 2. The number of pyridine rings is 1. The van der Waals surface area contributed by atoms with Gasteiger partial charge >= 0.3 is 0 Å². The Bertz CT molecular complexity index is 487. The molecule has 96 valence electrons. The molecule has 0 saturated heterocycles. The van der Waals surface area contributed by atoms with Crippen LogP contribution in [0.4, 0.5) is 0 Å². The molecule has 2 heteroatoms. The van der Waals surface area contributed by atoms with Crippen LogP contribution in [0.2, 0.25) is 0 Å². The zero-order chi connectivity index (χ0) is 12.8. The van der Waals surface area contributed by atoms with Gasteiger partial charge < -0.3 is 4.42 Å². The fraction of sp³-hybridized carbons (Fsp3) is 0.438. The smallest absolute Gasteiger partial charge is 0.137 e. The van der Waals surface area contributed by atoms with Gasteiger partial charge in [-0.05, 0) is 43.5 Å². The fourth-order valence-corrected chi connectivity index (χ4v) is 2.21. The van der Waals surface area contributed by atoms with Crippen LogP contribution in [0.25, 0.3) is 11.3 Å². The Morgan fingerprint density at radius 3 is 2.83 bits per heavy atom. The molecule has 0 amide bonds. The highest BCUT2D eigenvalue weighted by atomic mass is 16.3. The molecule has 2 nitrogen and oxygen atoms in total. The molecule has 2 aromatic heterocycles. The molecule has 0 atom stereocenters. The van der Waals surface area contributed by atoms with E-state index in [-0.39, 0.29) is 0 Å². The zero-order valence-corrected chi connectivity index (χ0v) is 11.3. The topological polar surface area (TPSA) is 26.0 Å². The van der Waals surface area contributed by atoms with E-state index in [2.05, 4.69) is 24.0 Å². The van der Waals surface area contributed by atoms with E-state index in [9.17, 15) is 0 Å². The van der Waals surface area contributed by atoms with Crippen molar-refractivity contribution in [2.75, 3.05) is 0 Å². The van der Waals surface area contributed by atoms with E-state index in [0.29, 0.717) is 0 Å². The molecule has 18 heavy (non-hydrogen) atoms. The Kier molecular flexibility index (Phi) is 4.57. The van der Waals surface area contributed by atoms with Crippen molar-refractivity contribution in [2.45, 2.75) is 46.0 Å². The summed E-state index contributed by atoms with van der Waals surface area (Å²) in [7, 11) is 0. The maximum absolute atomic E-state index is 5.63. The fourth-order valence-electron chi connectivity index (χ4n) is 2.21. The molecule has 0 radical (unpaired) electrons. The minimum absolute atomic E-state index is 1.01. The van der Waals surface area contributed by atoms with E-state index in [1.165, 1.54) is 31.2 Å². The highest BCUT2D eigenvalue weighted by Gasteiger charge is 2.08. The summed E-state index contributed by atoms with van der Waals surface area (Å²) in [4.78, 5) is 4.22. The van der Waals surface area contributed by atoms with Gasteiger partial charge in [0.05, 0.1) is 6.26 Å². The van der Waals surface area contributed by atoms with Crippen molar-refractivity contribution in [2.24, 2.45) is 0 Å². The Morgan fingerprint density at radius 2 is 2.06 bits per heavy atom. The highest BCUT2D eigenvalue weighted by Crippen LogP contribution is 2.26. The second-order valence-electron chi connectivity index (χ2n) is 4.77. The minimum atomic E-state index is 1.01. The highest BCUT2D eigenvalue weighted by molar-refractivity contribution is 5.61. The minimum Gasteiger partial charge on any atom is -0.464 e. The lowest BCUT2D eigenvalue weighted by Gasteiger charge is -2.03. The maximum Gasteiger partial charge on any atom is 0.137 e. The van der Waals surface area contributed by atoms with E-state index in [0.717, 1.165) is 23.4 Å². The van der Waals surface area contributed by atoms with Gasteiger partial charge in [-0.3, -0.25) is 4.98 Å². The van der Waals surface area contributed by atoms with Gasteiger partial charge in [0.25, 0.3) is 0 Å². The first-order chi connectivity index (χ1) is 8.81. The molecule has 0 aliphatic rings. The Morgan fingerprint density at radius 1 is 1.17 bits per heavy atom. The molecular weight excluding hydrogens is 222 g/mol. The maximum atomic E-state index is 5.63. The van der Waals surface area contributed by atoms with Crippen molar-refractivity contribution < 1.29 is 4.42 Å². The first kappa shape index (κ1) is 12.9. The molecule has 0 bridgehead atoms. The third-order valence-corrected chi connectivity index (χ3v) is 3.21. The van der Waals surface area contributed by atoms with Crippen LogP contribution in [0.5, 0.6) is 0 Å². The summed E-state index contributed by atoms with van der Waals surface area (Å²) in [6.45, 7) is 4.25. The summed E-state index contributed by atoms with van der Waals surface area (Å²) >= 11 is 0. The monoisotopic (exact) mass is 243 g/mol. The SMILES string of the molecule is CCCCCCc1ccoc1-c1ccnc(C)c1. The van der Waals surface area contributed by atoms with Gasteiger partial charge in [0, 0.05) is 17.5 Å². The van der Waals surface area contributed by atoms with Crippen LogP contribution in [0.3, 0.4) is 0 Å². The molecule has 0 N–H and O–H groups in total. The summed E-state index contributed by atoms with van der Waals surface area (Å²) < 4.78 is 5.63. The Labute approximate surface area is 109 Å². The average molecular weight is 243 g/mol. The van der Waals surface area contributed by atoms with E-state index in [1.807, 2.05) is 19.2 Å². The lowest BCUT2D eigenvalue weighted by molar-refractivity contribution is 0.577. The van der Waals surface area contributed by atoms with Gasteiger partial charge in [-0.2, -0.15) is 0 Å². The van der Waals surface area contributed by atoms with E-state index in [1.54, 1.807) is 6.26 Å². The molecule has 0 aliphatic heterocycles. The van der Waals surface area contributed by atoms with Crippen molar-refractivity contribution in [1.29, 1.82) is 0 Å². The van der Waals surface area contributed by atoms with Crippen LogP contribution in [-0.4, -0.2) is 4.98 Å². The third kappa shape index (κ3) is 3.22. The van der Waals surface area contributed by atoms with Crippen LogP contribution in [-0.2, 0) is 6.42 Å². The molecule has 0 unspecified atom stereocenters. The molecule has 0 saturated carbocycles. The van der Waals surface area contributed by atoms with Crippen molar-refractivity contribution in [1.82, 2.24) is 4.98 Å². The number of rotatable bonds is 6. The second kappa shape index (κ2) is 6.39. The predicted octanol–water partition coefficient (Wildman–Crippen LogP) is 4.77. The first-order valence-corrected chi connectivity index (χ1v) is 6.80. The quantitative estimate of drug-likeness (QED) is 0.683. The summed E-state index contributed by atoms with van der Waals surface area (Å²) in [5.74, 6) is 1.01. The molecule has 0 aromatic carbocycles. The first-order valence-electron chi connectivity index (χ1n) is 6.80. The summed E-state index contributed by atoms with van der Waals surface area (Å²) in [6, 6.07) is 6.19. The standard InChI is InChI=1S/C16H21NO/c1-3-4-5-6-7-14-9-11-18-16(14)15-8-10-17-13(2)12-15/h8-12H,3-7H2,1-2H3. The molecule has 2 rings (SSSR count). The second-order valence-corrected chi connectivity index (χ2v) is 4.77. The lowest BCUT2D eigenvalue weighted by atomic mass is 10.0. The number of hydrogen-bond acceptors (Lipinski definition) is 2. The number of unbranched alkanes of at least 4 members (excludes halogenated alkanes) is 3. The van der Waals surface area contributed by atoms with Crippen LogP contribution in [0.1, 0.15) is 43.9 Å². The van der Waals surface area contributed by atoms with Gasteiger partial charge in [-0.15, -0.1) is 0 Å². The van der Waals surface area contributed by atoms with E-state index >= 15 is 0 Å². The molecule has 2 heterocycles. The number of hydrogen-bond donors (Lipinski definition) is 0. The van der Waals surface area contributed by atoms with Crippen LogP contribution < -0.4 is 0 Å².